The molecule has 4 rings (SSSR count). The number of hydrogen-bond acceptors (Lipinski definition) is 4. The van der Waals surface area contributed by atoms with Gasteiger partial charge in [0.25, 0.3) is 5.91 Å². The van der Waals surface area contributed by atoms with Gasteiger partial charge in [-0.15, -0.1) is 11.3 Å². The number of nitrogens with one attached hydrogen (secondary N) is 1. The molecule has 0 atom stereocenters. The Hall–Kier alpha value is -3.10. The summed E-state index contributed by atoms with van der Waals surface area (Å²) in [6.07, 6.45) is 1.95. The van der Waals surface area contributed by atoms with Gasteiger partial charge in [0.2, 0.25) is 0 Å². The van der Waals surface area contributed by atoms with Crippen molar-refractivity contribution in [1.29, 1.82) is 5.26 Å². The molecule has 0 bridgehead atoms. The predicted octanol–water partition coefficient (Wildman–Crippen LogP) is 4.65. The standard InChI is InChI=1S/C21H16N2O2S/c1-25-18-9-6-13(12-22)10-17(18)23-21(24)19-11-15-8-7-14-4-2-3-5-16(14)20(15)26-19/h2-6,9-11H,7-8H2,1H3,(H,23,24). The van der Waals surface area contributed by atoms with Crippen LogP contribution in [0.3, 0.4) is 0 Å². The van der Waals surface area contributed by atoms with E-state index in [1.165, 1.54) is 40.0 Å². The molecule has 5 heteroatoms. The average molecular weight is 360 g/mol. The number of methoxy groups -OCH3 is 1. The van der Waals surface area contributed by atoms with Crippen LogP contribution in [0.5, 0.6) is 5.75 Å². The van der Waals surface area contributed by atoms with Gasteiger partial charge in [0.1, 0.15) is 5.75 Å². The van der Waals surface area contributed by atoms with Crippen molar-refractivity contribution in [3.05, 3.63) is 70.1 Å². The van der Waals surface area contributed by atoms with Crippen LogP contribution in [-0.2, 0) is 12.8 Å². The molecule has 0 saturated heterocycles. The number of anilines is 1. The van der Waals surface area contributed by atoms with E-state index >= 15 is 0 Å². The van der Waals surface area contributed by atoms with E-state index in [-0.39, 0.29) is 5.91 Å². The van der Waals surface area contributed by atoms with Crippen molar-refractivity contribution in [2.75, 3.05) is 12.4 Å². The van der Waals surface area contributed by atoms with Crippen LogP contribution < -0.4 is 10.1 Å². The quantitative estimate of drug-likeness (QED) is 0.740. The lowest BCUT2D eigenvalue weighted by Crippen LogP contribution is -2.11. The number of nitrogens with zero attached hydrogens (tertiary/aromatic N) is 1. The highest BCUT2D eigenvalue weighted by molar-refractivity contribution is 7.17. The Kier molecular flexibility index (Phi) is 4.19. The second kappa shape index (κ2) is 6.66. The molecule has 1 heterocycles. The molecule has 26 heavy (non-hydrogen) atoms. The summed E-state index contributed by atoms with van der Waals surface area (Å²) in [5, 5.41) is 12.0. The molecule has 0 saturated carbocycles. The molecule has 2 aromatic carbocycles. The lowest BCUT2D eigenvalue weighted by Gasteiger charge is -2.15. The number of carbonyl (C=O) groups excluding carboxylic acids is 1. The third-order valence-corrected chi connectivity index (χ3v) is 5.74. The van der Waals surface area contributed by atoms with Crippen molar-refractivity contribution < 1.29 is 9.53 Å². The molecule has 128 valence electrons. The lowest BCUT2D eigenvalue weighted by atomic mass is 9.91. The maximum Gasteiger partial charge on any atom is 0.265 e. The van der Waals surface area contributed by atoms with E-state index in [1.807, 2.05) is 12.1 Å². The summed E-state index contributed by atoms with van der Waals surface area (Å²) < 4.78 is 5.29. The Bertz CT molecular complexity index is 1050. The fourth-order valence-electron chi connectivity index (χ4n) is 3.24. The summed E-state index contributed by atoms with van der Waals surface area (Å²) in [6.45, 7) is 0. The fraction of sp³-hybridized carbons (Fsp3) is 0.143. The molecule has 1 amide bonds. The molecule has 3 aromatic rings. The molecule has 1 aromatic heterocycles. The topological polar surface area (TPSA) is 62.1 Å². The normalized spacial score (nSPS) is 11.8. The van der Waals surface area contributed by atoms with Gasteiger partial charge >= 0.3 is 0 Å². The third kappa shape index (κ3) is 2.85. The summed E-state index contributed by atoms with van der Waals surface area (Å²) >= 11 is 1.51. The van der Waals surface area contributed by atoms with Gasteiger partial charge in [-0.1, -0.05) is 24.3 Å². The Balaban J connectivity index is 1.66. The zero-order valence-electron chi connectivity index (χ0n) is 14.2. The maximum atomic E-state index is 12.8. The Morgan fingerprint density at radius 2 is 1.96 bits per heavy atom. The highest BCUT2D eigenvalue weighted by Crippen LogP contribution is 2.39. The molecule has 4 nitrogen and oxygen atoms in total. The number of nitriles is 1. The van der Waals surface area contributed by atoms with Crippen LogP contribution in [0.1, 0.15) is 26.4 Å². The van der Waals surface area contributed by atoms with Crippen LogP contribution in [0.2, 0.25) is 0 Å². The monoisotopic (exact) mass is 360 g/mol. The van der Waals surface area contributed by atoms with Gasteiger partial charge in [0.15, 0.2) is 0 Å². The molecule has 0 unspecified atom stereocenters. The molecular weight excluding hydrogens is 344 g/mol. The number of hydrogen-bond donors (Lipinski definition) is 1. The Labute approximate surface area is 155 Å². The first-order chi connectivity index (χ1) is 12.7. The first-order valence-corrected chi connectivity index (χ1v) is 9.11. The van der Waals surface area contributed by atoms with Crippen molar-refractivity contribution in [2.24, 2.45) is 0 Å². The van der Waals surface area contributed by atoms with E-state index in [1.54, 1.807) is 18.2 Å². The summed E-state index contributed by atoms with van der Waals surface area (Å²) in [6, 6.07) is 17.4. The molecule has 1 aliphatic rings. The molecular formula is C21H16N2O2S. The average Bonchev–Trinajstić information content (AvgIpc) is 3.13. The minimum atomic E-state index is -0.185. The zero-order chi connectivity index (χ0) is 18.1. The second-order valence-corrected chi connectivity index (χ2v) is 7.16. The number of ether oxygens (including phenoxy) is 1. The lowest BCUT2D eigenvalue weighted by molar-refractivity contribution is 0.103. The number of aryl methyl sites for hydroxylation is 2. The van der Waals surface area contributed by atoms with Crippen molar-refractivity contribution >= 4 is 22.9 Å². The molecule has 1 aliphatic carbocycles. The van der Waals surface area contributed by atoms with Crippen LogP contribution in [0.4, 0.5) is 5.69 Å². The SMILES string of the molecule is COc1ccc(C#N)cc1NC(=O)c1cc2c(s1)-c1ccccc1CC2. The van der Waals surface area contributed by atoms with Gasteiger partial charge < -0.3 is 10.1 Å². The van der Waals surface area contributed by atoms with Crippen molar-refractivity contribution in [3.63, 3.8) is 0 Å². The highest BCUT2D eigenvalue weighted by atomic mass is 32.1. The number of thiophene rings is 1. The fourth-order valence-corrected chi connectivity index (χ4v) is 4.41. The van der Waals surface area contributed by atoms with Crippen molar-refractivity contribution in [3.8, 4) is 22.3 Å². The van der Waals surface area contributed by atoms with Crippen molar-refractivity contribution in [1.82, 2.24) is 0 Å². The number of carbonyl (C=O) groups is 1. The van der Waals surface area contributed by atoms with Gasteiger partial charge in [-0.25, -0.2) is 0 Å². The molecule has 0 spiro atoms. The van der Waals surface area contributed by atoms with Gasteiger partial charge in [0, 0.05) is 4.88 Å². The van der Waals surface area contributed by atoms with Crippen LogP contribution >= 0.6 is 11.3 Å². The first-order valence-electron chi connectivity index (χ1n) is 8.30. The van der Waals surface area contributed by atoms with Crippen molar-refractivity contribution in [2.45, 2.75) is 12.8 Å². The minimum absolute atomic E-state index is 0.185. The van der Waals surface area contributed by atoms with Gasteiger partial charge in [-0.3, -0.25) is 4.79 Å². The minimum Gasteiger partial charge on any atom is -0.495 e. The van der Waals surface area contributed by atoms with Crippen LogP contribution in [0.15, 0.2) is 48.5 Å². The molecule has 0 radical (unpaired) electrons. The molecule has 0 fully saturated rings. The summed E-state index contributed by atoms with van der Waals surface area (Å²) in [4.78, 5) is 14.6. The highest BCUT2D eigenvalue weighted by Gasteiger charge is 2.22. The third-order valence-electron chi connectivity index (χ3n) is 4.54. The van der Waals surface area contributed by atoms with E-state index in [2.05, 4.69) is 29.6 Å². The summed E-state index contributed by atoms with van der Waals surface area (Å²) in [5.74, 6) is 0.347. The van der Waals surface area contributed by atoms with Gasteiger partial charge in [0.05, 0.1) is 29.3 Å². The van der Waals surface area contributed by atoms with Crippen LogP contribution in [0, 0.1) is 11.3 Å². The molecule has 1 N–H and O–H groups in total. The largest absolute Gasteiger partial charge is 0.495 e. The number of rotatable bonds is 3. The van der Waals surface area contributed by atoms with Gasteiger partial charge in [-0.05, 0) is 53.8 Å². The zero-order valence-corrected chi connectivity index (χ0v) is 15.0. The summed E-state index contributed by atoms with van der Waals surface area (Å²) in [5.41, 5.74) is 4.75. The maximum absolute atomic E-state index is 12.8. The number of amides is 1. The summed E-state index contributed by atoms with van der Waals surface area (Å²) in [7, 11) is 1.54. The van der Waals surface area contributed by atoms with E-state index in [0.29, 0.717) is 21.9 Å². The Morgan fingerprint density at radius 3 is 2.77 bits per heavy atom. The number of benzene rings is 2. The second-order valence-electron chi connectivity index (χ2n) is 6.10. The van der Waals surface area contributed by atoms with Crippen LogP contribution in [0.25, 0.3) is 10.4 Å². The first kappa shape index (κ1) is 16.4. The predicted molar refractivity (Wildman–Crippen MR) is 103 cm³/mol. The number of fused-ring (bicyclic) bond motifs is 3. The van der Waals surface area contributed by atoms with Gasteiger partial charge in [-0.2, -0.15) is 5.26 Å². The Morgan fingerprint density at radius 1 is 1.15 bits per heavy atom. The van der Waals surface area contributed by atoms with E-state index < -0.39 is 0 Å². The van der Waals surface area contributed by atoms with Crippen LogP contribution in [-0.4, -0.2) is 13.0 Å². The van der Waals surface area contributed by atoms with E-state index in [9.17, 15) is 4.79 Å². The molecule has 0 aliphatic heterocycles. The smallest absolute Gasteiger partial charge is 0.265 e. The van der Waals surface area contributed by atoms with E-state index in [4.69, 9.17) is 10.00 Å². The van der Waals surface area contributed by atoms with E-state index in [0.717, 1.165) is 12.8 Å².